The minimum atomic E-state index is -0.480. The Morgan fingerprint density at radius 3 is 2.75 bits per heavy atom. The van der Waals surface area contributed by atoms with Gasteiger partial charge in [0.05, 0.1) is 12.8 Å². The number of amides is 1. The molecule has 1 aromatic heterocycles. The highest BCUT2D eigenvalue weighted by molar-refractivity contribution is 5.94. The third-order valence-corrected chi connectivity index (χ3v) is 2.15. The van der Waals surface area contributed by atoms with Gasteiger partial charge in [-0.3, -0.25) is 14.3 Å². The zero-order valence-corrected chi connectivity index (χ0v) is 9.61. The van der Waals surface area contributed by atoms with Crippen molar-refractivity contribution in [3.8, 4) is 0 Å². The van der Waals surface area contributed by atoms with E-state index in [4.69, 9.17) is 0 Å². The molecule has 1 heterocycles. The van der Waals surface area contributed by atoms with Crippen molar-refractivity contribution >= 4 is 11.9 Å². The fraction of sp³-hybridized carbons (Fsp3) is 0.500. The molecule has 6 heteroatoms. The Kier molecular flexibility index (Phi) is 4.04. The lowest BCUT2D eigenvalue weighted by atomic mass is 10.3. The molecule has 0 spiro atoms. The first-order valence-corrected chi connectivity index (χ1v) is 4.96. The second-order valence-electron chi connectivity index (χ2n) is 3.26. The Morgan fingerprint density at radius 1 is 1.56 bits per heavy atom. The van der Waals surface area contributed by atoms with E-state index in [2.05, 4.69) is 15.2 Å². The summed E-state index contributed by atoms with van der Waals surface area (Å²) < 4.78 is 5.91. The number of carbonyl (C=O) groups excluding carboxylic acids is 2. The summed E-state index contributed by atoms with van der Waals surface area (Å²) in [6, 6.07) is 1.70. The number of hydrogen-bond donors (Lipinski definition) is 1. The van der Waals surface area contributed by atoms with Gasteiger partial charge in [0, 0.05) is 7.05 Å². The third-order valence-electron chi connectivity index (χ3n) is 2.15. The van der Waals surface area contributed by atoms with Crippen molar-refractivity contribution in [2.75, 3.05) is 13.7 Å². The summed E-state index contributed by atoms with van der Waals surface area (Å²) in [5, 5.41) is 6.59. The SMILES string of the molecule is CCc1cc(C(=O)NCC(=O)OC)n(C)n1. The summed E-state index contributed by atoms with van der Waals surface area (Å²) in [6.45, 7) is 1.82. The van der Waals surface area contributed by atoms with Crippen molar-refractivity contribution in [2.45, 2.75) is 13.3 Å². The Bertz CT molecular complexity index is 398. The molecule has 1 aromatic rings. The normalized spacial score (nSPS) is 9.94. The van der Waals surface area contributed by atoms with E-state index in [1.807, 2.05) is 6.92 Å². The number of aryl methyl sites for hydroxylation is 2. The van der Waals surface area contributed by atoms with Gasteiger partial charge < -0.3 is 10.1 Å². The van der Waals surface area contributed by atoms with E-state index in [1.165, 1.54) is 11.8 Å². The number of methoxy groups -OCH3 is 1. The third kappa shape index (κ3) is 2.82. The van der Waals surface area contributed by atoms with Crippen LogP contribution in [0.5, 0.6) is 0 Å². The van der Waals surface area contributed by atoms with Crippen LogP contribution in [0.2, 0.25) is 0 Å². The smallest absolute Gasteiger partial charge is 0.325 e. The molecule has 0 unspecified atom stereocenters. The van der Waals surface area contributed by atoms with E-state index in [0.717, 1.165) is 12.1 Å². The van der Waals surface area contributed by atoms with Crippen molar-refractivity contribution in [2.24, 2.45) is 7.05 Å². The predicted molar refractivity (Wildman–Crippen MR) is 56.9 cm³/mol. The molecule has 0 aromatic carbocycles. The average molecular weight is 225 g/mol. The van der Waals surface area contributed by atoms with Gasteiger partial charge >= 0.3 is 5.97 Å². The van der Waals surface area contributed by atoms with E-state index < -0.39 is 5.97 Å². The van der Waals surface area contributed by atoms with Crippen LogP contribution in [0.15, 0.2) is 6.07 Å². The highest BCUT2D eigenvalue weighted by Crippen LogP contribution is 2.03. The second kappa shape index (κ2) is 5.29. The summed E-state index contributed by atoms with van der Waals surface area (Å²) in [5.74, 6) is -0.814. The molecule has 0 aliphatic rings. The molecule has 0 bridgehead atoms. The van der Waals surface area contributed by atoms with Gasteiger partial charge in [0.1, 0.15) is 12.2 Å². The Morgan fingerprint density at radius 2 is 2.25 bits per heavy atom. The minimum Gasteiger partial charge on any atom is -0.468 e. The van der Waals surface area contributed by atoms with Crippen LogP contribution >= 0.6 is 0 Å². The maximum atomic E-state index is 11.6. The van der Waals surface area contributed by atoms with Gasteiger partial charge in [-0.05, 0) is 12.5 Å². The van der Waals surface area contributed by atoms with Crippen molar-refractivity contribution < 1.29 is 14.3 Å². The van der Waals surface area contributed by atoms with E-state index in [0.29, 0.717) is 5.69 Å². The molecule has 0 fully saturated rings. The van der Waals surface area contributed by atoms with Crippen molar-refractivity contribution in [1.29, 1.82) is 0 Å². The first-order valence-electron chi connectivity index (χ1n) is 4.96. The maximum Gasteiger partial charge on any atom is 0.325 e. The van der Waals surface area contributed by atoms with Crippen molar-refractivity contribution in [1.82, 2.24) is 15.1 Å². The molecular formula is C10H15N3O3. The fourth-order valence-corrected chi connectivity index (χ4v) is 1.23. The van der Waals surface area contributed by atoms with Crippen molar-refractivity contribution in [3.63, 3.8) is 0 Å². The standard InChI is InChI=1S/C10H15N3O3/c1-4-7-5-8(13(2)12-7)10(15)11-6-9(14)16-3/h5H,4,6H2,1-3H3,(H,11,15). The number of carbonyl (C=O) groups is 2. The largest absolute Gasteiger partial charge is 0.468 e. The number of nitrogens with zero attached hydrogens (tertiary/aromatic N) is 2. The number of hydrogen-bond acceptors (Lipinski definition) is 4. The van der Waals surface area contributed by atoms with Gasteiger partial charge in [0.2, 0.25) is 0 Å². The number of esters is 1. The average Bonchev–Trinajstić information content (AvgIpc) is 2.67. The van der Waals surface area contributed by atoms with Gasteiger partial charge in [0.25, 0.3) is 5.91 Å². The molecule has 88 valence electrons. The molecular weight excluding hydrogens is 210 g/mol. The van der Waals surface area contributed by atoms with Gasteiger partial charge in [-0.15, -0.1) is 0 Å². The number of rotatable bonds is 4. The Labute approximate surface area is 93.6 Å². The molecule has 0 saturated carbocycles. The molecule has 0 radical (unpaired) electrons. The summed E-state index contributed by atoms with van der Waals surface area (Å²) in [5.41, 5.74) is 1.27. The lowest BCUT2D eigenvalue weighted by Gasteiger charge is -2.03. The number of ether oxygens (including phenoxy) is 1. The monoisotopic (exact) mass is 225 g/mol. The molecule has 0 aliphatic carbocycles. The summed E-state index contributed by atoms with van der Waals surface area (Å²) in [7, 11) is 2.96. The summed E-state index contributed by atoms with van der Waals surface area (Å²) >= 11 is 0. The lowest BCUT2D eigenvalue weighted by molar-refractivity contribution is -0.139. The van der Waals surface area contributed by atoms with Crippen molar-refractivity contribution in [3.05, 3.63) is 17.5 Å². The van der Waals surface area contributed by atoms with Crippen LogP contribution in [0, 0.1) is 0 Å². The van der Waals surface area contributed by atoms with Crippen LogP contribution < -0.4 is 5.32 Å². The topological polar surface area (TPSA) is 73.2 Å². The van der Waals surface area contributed by atoms with Gasteiger partial charge in [-0.25, -0.2) is 0 Å². The van der Waals surface area contributed by atoms with E-state index >= 15 is 0 Å². The van der Waals surface area contributed by atoms with Crippen LogP contribution in [-0.2, 0) is 23.0 Å². The van der Waals surface area contributed by atoms with Crippen LogP contribution in [0.3, 0.4) is 0 Å². The molecule has 1 rings (SSSR count). The molecule has 1 N–H and O–H groups in total. The Balaban J connectivity index is 2.65. The Hall–Kier alpha value is -1.85. The van der Waals surface area contributed by atoms with Crippen LogP contribution in [0.25, 0.3) is 0 Å². The van der Waals surface area contributed by atoms with Gasteiger partial charge in [-0.1, -0.05) is 6.92 Å². The predicted octanol–water partition coefficient (Wildman–Crippen LogP) is -0.115. The van der Waals surface area contributed by atoms with Gasteiger partial charge in [0.15, 0.2) is 0 Å². The molecule has 0 saturated heterocycles. The highest BCUT2D eigenvalue weighted by Gasteiger charge is 2.13. The quantitative estimate of drug-likeness (QED) is 0.725. The second-order valence-corrected chi connectivity index (χ2v) is 3.26. The zero-order valence-electron chi connectivity index (χ0n) is 9.61. The lowest BCUT2D eigenvalue weighted by Crippen LogP contribution is -2.31. The van der Waals surface area contributed by atoms with Crippen LogP contribution in [-0.4, -0.2) is 35.3 Å². The summed E-state index contributed by atoms with van der Waals surface area (Å²) in [6.07, 6.45) is 0.762. The maximum absolute atomic E-state index is 11.6. The van der Waals surface area contributed by atoms with Crippen LogP contribution in [0.1, 0.15) is 23.1 Å². The number of nitrogens with one attached hydrogen (secondary N) is 1. The molecule has 0 atom stereocenters. The van der Waals surface area contributed by atoms with E-state index in [1.54, 1.807) is 13.1 Å². The van der Waals surface area contributed by atoms with E-state index in [9.17, 15) is 9.59 Å². The highest BCUT2D eigenvalue weighted by atomic mass is 16.5. The number of aromatic nitrogens is 2. The fourth-order valence-electron chi connectivity index (χ4n) is 1.23. The molecule has 1 amide bonds. The van der Waals surface area contributed by atoms with Gasteiger partial charge in [-0.2, -0.15) is 5.10 Å². The van der Waals surface area contributed by atoms with E-state index in [-0.39, 0.29) is 12.5 Å². The molecule has 6 nitrogen and oxygen atoms in total. The zero-order chi connectivity index (χ0) is 12.1. The summed E-state index contributed by atoms with van der Waals surface area (Å²) in [4.78, 5) is 22.5. The molecule has 16 heavy (non-hydrogen) atoms. The first-order chi connectivity index (χ1) is 7.58. The first kappa shape index (κ1) is 12.2. The molecule has 0 aliphatic heterocycles. The van der Waals surface area contributed by atoms with Crippen LogP contribution in [0.4, 0.5) is 0 Å². The minimum absolute atomic E-state index is 0.137.